The first kappa shape index (κ1) is 12.6. The number of hydrogen-bond donors (Lipinski definition) is 0. The highest BCUT2D eigenvalue weighted by Gasteiger charge is 2.08. The number of nitro benzene ring substituents is 1. The summed E-state index contributed by atoms with van der Waals surface area (Å²) in [5, 5.41) is 11.6. The number of ether oxygens (including phenoxy) is 1. The van der Waals surface area contributed by atoms with E-state index in [9.17, 15) is 10.1 Å². The molecule has 96 valence electrons. The summed E-state index contributed by atoms with van der Waals surface area (Å²) in [6.07, 6.45) is 2.95. The molecule has 0 N–H and O–H groups in total. The highest BCUT2D eigenvalue weighted by Crippen LogP contribution is 2.21. The Morgan fingerprint density at radius 1 is 1.33 bits per heavy atom. The molecule has 18 heavy (non-hydrogen) atoms. The Balaban J connectivity index is 2.13. The van der Waals surface area contributed by atoms with Crippen LogP contribution in [-0.2, 0) is 11.3 Å². The highest BCUT2D eigenvalue weighted by atomic mass is 16.6. The van der Waals surface area contributed by atoms with Gasteiger partial charge in [-0.05, 0) is 18.6 Å². The summed E-state index contributed by atoms with van der Waals surface area (Å²) in [4.78, 5) is 10.3. The van der Waals surface area contributed by atoms with E-state index in [1.54, 1.807) is 12.1 Å². The number of rotatable bonds is 6. The maximum absolute atomic E-state index is 10.7. The summed E-state index contributed by atoms with van der Waals surface area (Å²) in [6, 6.07) is 6.81. The van der Waals surface area contributed by atoms with Crippen LogP contribution in [0.1, 0.15) is 13.3 Å². The van der Waals surface area contributed by atoms with Gasteiger partial charge in [0.15, 0.2) is 0 Å². The Hall–Kier alpha value is -1.88. The van der Waals surface area contributed by atoms with E-state index < -0.39 is 0 Å². The molecule has 0 aliphatic carbocycles. The second-order valence-corrected chi connectivity index (χ2v) is 4.12. The van der Waals surface area contributed by atoms with Gasteiger partial charge < -0.3 is 9.30 Å². The van der Waals surface area contributed by atoms with Crippen LogP contribution in [0.15, 0.2) is 30.5 Å². The molecule has 0 aliphatic rings. The third-order valence-corrected chi connectivity index (χ3v) is 2.79. The van der Waals surface area contributed by atoms with Crippen molar-refractivity contribution in [1.29, 1.82) is 0 Å². The molecule has 0 fully saturated rings. The minimum Gasteiger partial charge on any atom is -0.380 e. The van der Waals surface area contributed by atoms with E-state index in [1.165, 1.54) is 6.07 Å². The second-order valence-electron chi connectivity index (χ2n) is 4.12. The van der Waals surface area contributed by atoms with Gasteiger partial charge in [0.05, 0.1) is 11.5 Å². The van der Waals surface area contributed by atoms with Gasteiger partial charge in [-0.1, -0.05) is 6.92 Å². The van der Waals surface area contributed by atoms with Gasteiger partial charge in [0.25, 0.3) is 5.69 Å². The van der Waals surface area contributed by atoms with Gasteiger partial charge in [-0.3, -0.25) is 10.1 Å². The summed E-state index contributed by atoms with van der Waals surface area (Å²) < 4.78 is 7.49. The SMILES string of the molecule is CCCOCCn1ccc2cc([N+](=O)[O-])ccc21. The lowest BCUT2D eigenvalue weighted by molar-refractivity contribution is -0.384. The Morgan fingerprint density at radius 3 is 2.89 bits per heavy atom. The van der Waals surface area contributed by atoms with E-state index in [-0.39, 0.29) is 10.6 Å². The molecule has 0 aliphatic heterocycles. The average molecular weight is 248 g/mol. The monoisotopic (exact) mass is 248 g/mol. The van der Waals surface area contributed by atoms with Gasteiger partial charge in [0, 0.05) is 42.4 Å². The number of non-ortho nitro benzene ring substituents is 1. The van der Waals surface area contributed by atoms with E-state index in [1.807, 2.05) is 12.3 Å². The topological polar surface area (TPSA) is 57.3 Å². The van der Waals surface area contributed by atoms with E-state index >= 15 is 0 Å². The molecule has 0 saturated heterocycles. The van der Waals surface area contributed by atoms with Gasteiger partial charge in [-0.25, -0.2) is 0 Å². The van der Waals surface area contributed by atoms with Crippen LogP contribution >= 0.6 is 0 Å². The number of hydrogen-bond acceptors (Lipinski definition) is 3. The average Bonchev–Trinajstić information content (AvgIpc) is 2.77. The predicted molar refractivity (Wildman–Crippen MR) is 69.7 cm³/mol. The van der Waals surface area contributed by atoms with Crippen molar-refractivity contribution >= 4 is 16.6 Å². The minimum absolute atomic E-state index is 0.127. The van der Waals surface area contributed by atoms with Crippen LogP contribution in [0, 0.1) is 10.1 Å². The van der Waals surface area contributed by atoms with Crippen LogP contribution in [0.5, 0.6) is 0 Å². The van der Waals surface area contributed by atoms with Gasteiger partial charge in [0.2, 0.25) is 0 Å². The van der Waals surface area contributed by atoms with E-state index in [4.69, 9.17) is 4.74 Å². The fourth-order valence-electron chi connectivity index (χ4n) is 1.91. The molecule has 2 aromatic rings. The first-order valence-corrected chi connectivity index (χ1v) is 6.03. The molecule has 1 aromatic heterocycles. The van der Waals surface area contributed by atoms with Crippen molar-refractivity contribution in [1.82, 2.24) is 4.57 Å². The molecule has 0 unspecified atom stereocenters. The van der Waals surface area contributed by atoms with Crippen LogP contribution in [0.3, 0.4) is 0 Å². The summed E-state index contributed by atoms with van der Waals surface area (Å²) in [5.41, 5.74) is 1.13. The number of aromatic nitrogens is 1. The Labute approximate surface area is 105 Å². The van der Waals surface area contributed by atoms with Crippen LogP contribution in [0.2, 0.25) is 0 Å². The standard InChI is InChI=1S/C13H16N2O3/c1-2-8-18-9-7-14-6-5-11-10-12(15(16)17)3-4-13(11)14/h3-6,10H,2,7-9H2,1H3. The fraction of sp³-hybridized carbons (Fsp3) is 0.385. The first-order valence-electron chi connectivity index (χ1n) is 6.03. The quantitative estimate of drug-likeness (QED) is 0.448. The first-order chi connectivity index (χ1) is 8.72. The minimum atomic E-state index is -0.374. The predicted octanol–water partition coefficient (Wildman–Crippen LogP) is 2.98. The number of nitrogens with zero attached hydrogens (tertiary/aromatic N) is 2. The Kier molecular flexibility index (Phi) is 3.94. The van der Waals surface area contributed by atoms with E-state index in [0.29, 0.717) is 6.61 Å². The fourth-order valence-corrected chi connectivity index (χ4v) is 1.91. The molecule has 0 amide bonds. The van der Waals surface area contributed by atoms with Crippen molar-refractivity contribution in [3.05, 3.63) is 40.6 Å². The molecule has 0 atom stereocenters. The Morgan fingerprint density at radius 2 is 2.17 bits per heavy atom. The molecule has 1 aromatic carbocycles. The highest BCUT2D eigenvalue weighted by molar-refractivity contribution is 5.82. The van der Waals surface area contributed by atoms with Gasteiger partial charge >= 0.3 is 0 Å². The summed E-state index contributed by atoms with van der Waals surface area (Å²) in [7, 11) is 0. The third-order valence-electron chi connectivity index (χ3n) is 2.79. The molecule has 2 rings (SSSR count). The summed E-state index contributed by atoms with van der Waals surface area (Å²) in [5.74, 6) is 0. The van der Waals surface area contributed by atoms with Crippen molar-refractivity contribution in [2.24, 2.45) is 0 Å². The maximum atomic E-state index is 10.7. The van der Waals surface area contributed by atoms with Crippen LogP contribution in [0.25, 0.3) is 10.9 Å². The zero-order valence-corrected chi connectivity index (χ0v) is 10.3. The summed E-state index contributed by atoms with van der Waals surface area (Å²) in [6.45, 7) is 4.27. The molecule has 0 radical (unpaired) electrons. The van der Waals surface area contributed by atoms with Gasteiger partial charge in [-0.2, -0.15) is 0 Å². The molecule has 0 saturated carbocycles. The van der Waals surface area contributed by atoms with Crippen LogP contribution in [0.4, 0.5) is 5.69 Å². The van der Waals surface area contributed by atoms with Crippen molar-refractivity contribution in [3.63, 3.8) is 0 Å². The molecule has 5 heteroatoms. The van der Waals surface area contributed by atoms with E-state index in [2.05, 4.69) is 11.5 Å². The Bertz CT molecular complexity index is 548. The summed E-state index contributed by atoms with van der Waals surface area (Å²) >= 11 is 0. The van der Waals surface area contributed by atoms with Gasteiger partial charge in [-0.15, -0.1) is 0 Å². The molecular weight excluding hydrogens is 232 g/mol. The molecular formula is C13H16N2O3. The lowest BCUT2D eigenvalue weighted by atomic mass is 10.2. The lowest BCUT2D eigenvalue weighted by Gasteiger charge is -2.05. The third kappa shape index (κ3) is 2.68. The smallest absolute Gasteiger partial charge is 0.270 e. The molecule has 5 nitrogen and oxygen atoms in total. The van der Waals surface area contributed by atoms with E-state index in [0.717, 1.165) is 30.5 Å². The normalized spacial score (nSPS) is 10.9. The molecule has 0 spiro atoms. The number of fused-ring (bicyclic) bond motifs is 1. The van der Waals surface area contributed by atoms with Crippen LogP contribution in [-0.4, -0.2) is 22.7 Å². The zero-order chi connectivity index (χ0) is 13.0. The van der Waals surface area contributed by atoms with Crippen molar-refractivity contribution in [2.45, 2.75) is 19.9 Å². The van der Waals surface area contributed by atoms with Gasteiger partial charge in [0.1, 0.15) is 0 Å². The van der Waals surface area contributed by atoms with Crippen molar-refractivity contribution in [3.8, 4) is 0 Å². The number of nitro groups is 1. The lowest BCUT2D eigenvalue weighted by Crippen LogP contribution is -2.05. The largest absolute Gasteiger partial charge is 0.380 e. The molecule has 1 heterocycles. The second kappa shape index (κ2) is 5.64. The zero-order valence-electron chi connectivity index (χ0n) is 10.3. The van der Waals surface area contributed by atoms with Crippen LogP contribution < -0.4 is 0 Å². The van der Waals surface area contributed by atoms with Crippen molar-refractivity contribution < 1.29 is 9.66 Å². The van der Waals surface area contributed by atoms with Crippen molar-refractivity contribution in [2.75, 3.05) is 13.2 Å². The number of benzene rings is 1. The molecule has 0 bridgehead atoms. The maximum Gasteiger partial charge on any atom is 0.270 e.